The third-order valence-corrected chi connectivity index (χ3v) is 6.39. The van der Waals surface area contributed by atoms with E-state index in [4.69, 9.17) is 10.7 Å². The van der Waals surface area contributed by atoms with Gasteiger partial charge in [0.2, 0.25) is 0 Å². The molecule has 3 heterocycles. The highest BCUT2D eigenvalue weighted by atomic mass is 16.2. The molecule has 0 radical (unpaired) electrons. The van der Waals surface area contributed by atoms with Crippen molar-refractivity contribution in [3.63, 3.8) is 0 Å². The molecule has 0 saturated heterocycles. The first-order valence-electron chi connectivity index (χ1n) is 11.6. The van der Waals surface area contributed by atoms with Gasteiger partial charge in [-0.3, -0.25) is 5.10 Å². The van der Waals surface area contributed by atoms with Gasteiger partial charge in [0.25, 0.3) is 0 Å². The second kappa shape index (κ2) is 8.99. The van der Waals surface area contributed by atoms with E-state index in [0.29, 0.717) is 18.2 Å². The van der Waals surface area contributed by atoms with Crippen molar-refractivity contribution in [1.82, 2.24) is 25.1 Å². The van der Waals surface area contributed by atoms with Crippen molar-refractivity contribution in [1.29, 1.82) is 0 Å². The lowest BCUT2D eigenvalue weighted by atomic mass is 9.96. The normalized spacial score (nSPS) is 14.4. The van der Waals surface area contributed by atoms with Crippen LogP contribution in [-0.2, 0) is 6.54 Å². The largest absolute Gasteiger partial charge is 0.351 e. The summed E-state index contributed by atoms with van der Waals surface area (Å²) in [5, 5.41) is 10.2. The standard InChI is InChI=1S/C28H23N7O/c29-28(36)35-17-21-14-20(8-11-24(21)26(35)19-4-2-1-3-5-19)27-30-13-12-25(34-27)33-23-9-6-18(7-10-23)22-15-31-32-16-22/h1-16,26H,17H2,(H2,29,36)(H,31,32)(H,30,33,34). The van der Waals surface area contributed by atoms with Crippen LogP contribution in [0.2, 0.25) is 0 Å². The van der Waals surface area contributed by atoms with Crippen LogP contribution in [0, 0.1) is 0 Å². The fourth-order valence-corrected chi connectivity index (χ4v) is 4.66. The van der Waals surface area contributed by atoms with Crippen LogP contribution in [0.4, 0.5) is 16.3 Å². The summed E-state index contributed by atoms with van der Waals surface area (Å²) in [6.45, 7) is 0.443. The predicted octanol–water partition coefficient (Wildman–Crippen LogP) is 5.26. The van der Waals surface area contributed by atoms with Gasteiger partial charge >= 0.3 is 6.03 Å². The fraction of sp³-hybridized carbons (Fsp3) is 0.0714. The zero-order chi connectivity index (χ0) is 24.5. The lowest BCUT2D eigenvalue weighted by Gasteiger charge is -2.23. The maximum absolute atomic E-state index is 12.2. The van der Waals surface area contributed by atoms with E-state index in [9.17, 15) is 4.79 Å². The van der Waals surface area contributed by atoms with Gasteiger partial charge in [0.15, 0.2) is 5.82 Å². The molecule has 0 aliphatic carbocycles. The summed E-state index contributed by atoms with van der Waals surface area (Å²) in [6, 6.07) is 25.3. The topological polar surface area (TPSA) is 113 Å². The number of rotatable bonds is 5. The van der Waals surface area contributed by atoms with Crippen molar-refractivity contribution in [2.45, 2.75) is 12.6 Å². The zero-order valence-electron chi connectivity index (χ0n) is 19.3. The molecule has 4 N–H and O–H groups in total. The molecule has 176 valence electrons. The maximum Gasteiger partial charge on any atom is 0.315 e. The van der Waals surface area contributed by atoms with Gasteiger partial charge < -0.3 is 16.0 Å². The van der Waals surface area contributed by atoms with E-state index in [1.54, 1.807) is 17.3 Å². The summed E-state index contributed by atoms with van der Waals surface area (Å²) in [5.74, 6) is 1.30. The van der Waals surface area contributed by atoms with Crippen LogP contribution in [-0.4, -0.2) is 31.1 Å². The SMILES string of the molecule is NC(=O)N1Cc2cc(-c3nccc(Nc4ccc(-c5cn[nH]c5)cc4)n3)ccc2C1c1ccccc1. The number of nitrogens with one attached hydrogen (secondary N) is 2. The molecular weight excluding hydrogens is 450 g/mol. The van der Waals surface area contributed by atoms with Crippen LogP contribution in [0.5, 0.6) is 0 Å². The molecule has 0 fully saturated rings. The molecule has 1 atom stereocenters. The Morgan fingerprint density at radius 3 is 2.53 bits per heavy atom. The fourth-order valence-electron chi connectivity index (χ4n) is 4.66. The number of hydrogen-bond donors (Lipinski definition) is 3. The summed E-state index contributed by atoms with van der Waals surface area (Å²) < 4.78 is 0. The molecule has 1 unspecified atom stereocenters. The van der Waals surface area contributed by atoms with E-state index >= 15 is 0 Å². The summed E-state index contributed by atoms with van der Waals surface area (Å²) in [6.07, 6.45) is 5.39. The van der Waals surface area contributed by atoms with E-state index in [-0.39, 0.29) is 6.04 Å². The number of fused-ring (bicyclic) bond motifs is 1. The van der Waals surface area contributed by atoms with Crippen molar-refractivity contribution < 1.29 is 4.79 Å². The Kier molecular flexibility index (Phi) is 5.38. The number of hydrogen-bond acceptors (Lipinski definition) is 5. The Bertz CT molecular complexity index is 1520. The summed E-state index contributed by atoms with van der Waals surface area (Å²) in [4.78, 5) is 23.1. The highest BCUT2D eigenvalue weighted by molar-refractivity contribution is 5.75. The number of amides is 2. The monoisotopic (exact) mass is 473 g/mol. The van der Waals surface area contributed by atoms with Crippen LogP contribution >= 0.6 is 0 Å². The van der Waals surface area contributed by atoms with E-state index < -0.39 is 6.03 Å². The van der Waals surface area contributed by atoms with Gasteiger partial charge in [-0.15, -0.1) is 0 Å². The maximum atomic E-state index is 12.2. The highest BCUT2D eigenvalue weighted by Crippen LogP contribution is 2.39. The highest BCUT2D eigenvalue weighted by Gasteiger charge is 2.33. The Morgan fingerprint density at radius 1 is 0.972 bits per heavy atom. The molecule has 0 spiro atoms. The van der Waals surface area contributed by atoms with Gasteiger partial charge in [0.05, 0.1) is 12.2 Å². The van der Waals surface area contributed by atoms with E-state index in [1.807, 2.05) is 85.1 Å². The van der Waals surface area contributed by atoms with Gasteiger partial charge in [-0.2, -0.15) is 5.10 Å². The van der Waals surface area contributed by atoms with Gasteiger partial charge in [-0.25, -0.2) is 14.8 Å². The minimum Gasteiger partial charge on any atom is -0.351 e. The Labute approximate surface area is 207 Å². The first kappa shape index (κ1) is 21.5. The van der Waals surface area contributed by atoms with Crippen LogP contribution in [0.25, 0.3) is 22.5 Å². The number of carbonyl (C=O) groups excluding carboxylic acids is 1. The van der Waals surface area contributed by atoms with Crippen molar-refractivity contribution in [3.05, 3.63) is 114 Å². The van der Waals surface area contributed by atoms with Gasteiger partial charge in [-0.05, 0) is 46.5 Å². The van der Waals surface area contributed by atoms with Gasteiger partial charge in [-0.1, -0.05) is 54.6 Å². The van der Waals surface area contributed by atoms with Crippen molar-refractivity contribution in [2.24, 2.45) is 5.73 Å². The number of aromatic nitrogens is 4. The lowest BCUT2D eigenvalue weighted by molar-refractivity contribution is 0.199. The quantitative estimate of drug-likeness (QED) is 0.322. The Balaban J connectivity index is 1.26. The minimum atomic E-state index is -0.442. The van der Waals surface area contributed by atoms with E-state index in [1.165, 1.54) is 0 Å². The molecular formula is C28H23N7O. The molecule has 0 saturated carbocycles. The number of carbonyl (C=O) groups is 1. The van der Waals surface area contributed by atoms with E-state index in [2.05, 4.69) is 20.5 Å². The molecule has 1 aliphatic heterocycles. The number of nitrogens with zero attached hydrogens (tertiary/aromatic N) is 4. The van der Waals surface area contributed by atoms with Crippen molar-refractivity contribution in [2.75, 3.05) is 5.32 Å². The summed E-state index contributed by atoms with van der Waals surface area (Å²) in [5.41, 5.74) is 12.8. The number of H-pyrrole nitrogens is 1. The third kappa shape index (κ3) is 4.05. The Morgan fingerprint density at radius 2 is 1.78 bits per heavy atom. The second-order valence-corrected chi connectivity index (χ2v) is 8.65. The summed E-state index contributed by atoms with van der Waals surface area (Å²) >= 11 is 0. The van der Waals surface area contributed by atoms with Crippen LogP contribution in [0.15, 0.2) is 97.5 Å². The first-order chi connectivity index (χ1) is 17.7. The average Bonchev–Trinajstić information content (AvgIpc) is 3.58. The Hall–Kier alpha value is -4.98. The number of benzene rings is 3. The predicted molar refractivity (Wildman–Crippen MR) is 138 cm³/mol. The van der Waals surface area contributed by atoms with Gasteiger partial charge in [0.1, 0.15) is 5.82 Å². The van der Waals surface area contributed by atoms with E-state index in [0.717, 1.165) is 39.1 Å². The molecule has 8 heteroatoms. The molecule has 36 heavy (non-hydrogen) atoms. The molecule has 3 aromatic carbocycles. The molecule has 1 aliphatic rings. The third-order valence-electron chi connectivity index (χ3n) is 6.39. The van der Waals surface area contributed by atoms with Crippen LogP contribution < -0.4 is 11.1 Å². The van der Waals surface area contributed by atoms with Crippen LogP contribution in [0.1, 0.15) is 22.7 Å². The molecule has 8 nitrogen and oxygen atoms in total. The smallest absolute Gasteiger partial charge is 0.315 e. The molecule has 2 amide bonds. The first-order valence-corrected chi connectivity index (χ1v) is 11.6. The van der Waals surface area contributed by atoms with Crippen LogP contribution in [0.3, 0.4) is 0 Å². The molecule has 0 bridgehead atoms. The number of anilines is 2. The lowest BCUT2D eigenvalue weighted by Crippen LogP contribution is -2.34. The number of aromatic amines is 1. The molecule has 2 aromatic heterocycles. The molecule has 5 aromatic rings. The zero-order valence-corrected chi connectivity index (χ0v) is 19.3. The molecule has 6 rings (SSSR count). The number of nitrogens with two attached hydrogens (primary N) is 1. The van der Waals surface area contributed by atoms with Crippen molar-refractivity contribution in [3.8, 4) is 22.5 Å². The van der Waals surface area contributed by atoms with Gasteiger partial charge in [0, 0.05) is 35.8 Å². The van der Waals surface area contributed by atoms with Crippen molar-refractivity contribution >= 4 is 17.5 Å². The number of urea groups is 1. The number of primary amides is 1. The average molecular weight is 474 g/mol. The minimum absolute atomic E-state index is 0.202. The second-order valence-electron chi connectivity index (χ2n) is 8.65. The summed E-state index contributed by atoms with van der Waals surface area (Å²) in [7, 11) is 0.